The molecule has 0 radical (unpaired) electrons. The van der Waals surface area contributed by atoms with Gasteiger partial charge in [0.05, 0.1) is 18.6 Å². The maximum absolute atomic E-state index is 12.5. The fraction of sp³-hybridized carbons (Fsp3) is 0.250. The molecule has 2 heterocycles. The Bertz CT molecular complexity index is 1250. The van der Waals surface area contributed by atoms with Gasteiger partial charge in [0, 0.05) is 11.6 Å². The fourth-order valence-corrected chi connectivity index (χ4v) is 4.17. The van der Waals surface area contributed by atoms with Crippen molar-refractivity contribution >= 4 is 23.5 Å². The highest BCUT2D eigenvalue weighted by atomic mass is 32.2. The van der Waals surface area contributed by atoms with Gasteiger partial charge in [-0.2, -0.15) is 0 Å². The van der Waals surface area contributed by atoms with Crippen LogP contribution in [-0.2, 0) is 4.79 Å². The molecule has 2 aromatic carbocycles. The standard InChI is InChI=1S/C24H25N5O3S/c1-15(2)19-7-5-6-8-20(19)29-23(17-9-11-18(31-4)12-10-17)26-27-24(29)33-14-22(30)25-21-13-16(3)32-28-21/h5-13,15H,14H2,1-4H3,(H,25,28,30). The molecular weight excluding hydrogens is 438 g/mol. The molecule has 0 saturated carbocycles. The van der Waals surface area contributed by atoms with E-state index < -0.39 is 0 Å². The lowest BCUT2D eigenvalue weighted by Gasteiger charge is -2.17. The Hall–Kier alpha value is -3.59. The molecule has 0 bridgehead atoms. The number of amides is 1. The summed E-state index contributed by atoms with van der Waals surface area (Å²) in [5, 5.41) is 16.1. The van der Waals surface area contributed by atoms with Crippen LogP contribution < -0.4 is 10.1 Å². The Morgan fingerprint density at radius 2 is 1.91 bits per heavy atom. The van der Waals surface area contributed by atoms with Gasteiger partial charge in [0.15, 0.2) is 16.8 Å². The summed E-state index contributed by atoms with van der Waals surface area (Å²) in [7, 11) is 1.64. The number of hydrogen-bond acceptors (Lipinski definition) is 7. The molecule has 1 amide bonds. The van der Waals surface area contributed by atoms with Crippen molar-refractivity contribution in [3.05, 3.63) is 65.9 Å². The normalized spacial score (nSPS) is 11.1. The number of carbonyl (C=O) groups is 1. The van der Waals surface area contributed by atoms with Crippen LogP contribution in [0.3, 0.4) is 0 Å². The number of para-hydroxylation sites is 1. The Kier molecular flexibility index (Phi) is 6.79. The molecule has 9 heteroatoms. The van der Waals surface area contributed by atoms with Crippen LogP contribution in [0, 0.1) is 6.92 Å². The third-order valence-electron chi connectivity index (χ3n) is 5.01. The third-order valence-corrected chi connectivity index (χ3v) is 5.94. The summed E-state index contributed by atoms with van der Waals surface area (Å²) in [5.74, 6) is 2.73. The fourth-order valence-electron chi connectivity index (χ4n) is 3.42. The van der Waals surface area contributed by atoms with Crippen molar-refractivity contribution < 1.29 is 14.1 Å². The highest BCUT2D eigenvalue weighted by Crippen LogP contribution is 2.32. The zero-order chi connectivity index (χ0) is 23.4. The molecule has 0 atom stereocenters. The molecule has 1 N–H and O–H groups in total. The van der Waals surface area contributed by atoms with E-state index in [9.17, 15) is 4.79 Å². The average Bonchev–Trinajstić information content (AvgIpc) is 3.43. The predicted octanol–water partition coefficient (Wildman–Crippen LogP) is 5.09. The van der Waals surface area contributed by atoms with Crippen LogP contribution in [0.15, 0.2) is 64.3 Å². The molecule has 0 aliphatic heterocycles. The molecule has 170 valence electrons. The molecule has 0 aliphatic rings. The van der Waals surface area contributed by atoms with E-state index >= 15 is 0 Å². The number of nitrogens with one attached hydrogen (secondary N) is 1. The first-order valence-electron chi connectivity index (χ1n) is 10.5. The van der Waals surface area contributed by atoms with E-state index in [2.05, 4.69) is 40.6 Å². The van der Waals surface area contributed by atoms with Crippen molar-refractivity contribution in [2.75, 3.05) is 18.2 Å². The van der Waals surface area contributed by atoms with Crippen LogP contribution in [0.2, 0.25) is 0 Å². The topological polar surface area (TPSA) is 95.1 Å². The number of anilines is 1. The maximum Gasteiger partial charge on any atom is 0.236 e. The van der Waals surface area contributed by atoms with E-state index in [4.69, 9.17) is 9.26 Å². The molecule has 4 rings (SSSR count). The van der Waals surface area contributed by atoms with Crippen LogP contribution in [0.4, 0.5) is 5.82 Å². The number of methoxy groups -OCH3 is 1. The summed E-state index contributed by atoms with van der Waals surface area (Å²) >= 11 is 1.31. The maximum atomic E-state index is 12.5. The molecule has 0 fully saturated rings. The Morgan fingerprint density at radius 3 is 2.58 bits per heavy atom. The summed E-state index contributed by atoms with van der Waals surface area (Å²) < 4.78 is 12.3. The monoisotopic (exact) mass is 463 g/mol. The Morgan fingerprint density at radius 1 is 1.15 bits per heavy atom. The van der Waals surface area contributed by atoms with Crippen molar-refractivity contribution in [2.24, 2.45) is 0 Å². The molecule has 8 nitrogen and oxygen atoms in total. The van der Waals surface area contributed by atoms with Gasteiger partial charge in [0.2, 0.25) is 5.91 Å². The minimum absolute atomic E-state index is 0.149. The number of nitrogens with zero attached hydrogens (tertiary/aromatic N) is 4. The van der Waals surface area contributed by atoms with Crippen molar-refractivity contribution in [2.45, 2.75) is 31.8 Å². The van der Waals surface area contributed by atoms with Gasteiger partial charge >= 0.3 is 0 Å². The van der Waals surface area contributed by atoms with E-state index in [1.807, 2.05) is 47.0 Å². The number of aromatic nitrogens is 4. The smallest absolute Gasteiger partial charge is 0.236 e. The van der Waals surface area contributed by atoms with E-state index in [1.54, 1.807) is 20.1 Å². The molecule has 2 aromatic heterocycles. The van der Waals surface area contributed by atoms with Crippen LogP contribution in [-0.4, -0.2) is 38.7 Å². The first kappa shape index (κ1) is 22.6. The third kappa shape index (κ3) is 5.09. The quantitative estimate of drug-likeness (QED) is 0.364. The highest BCUT2D eigenvalue weighted by Gasteiger charge is 2.20. The summed E-state index contributed by atoms with van der Waals surface area (Å²) in [4.78, 5) is 12.5. The highest BCUT2D eigenvalue weighted by molar-refractivity contribution is 7.99. The van der Waals surface area contributed by atoms with Gasteiger partial charge in [-0.1, -0.05) is 49.0 Å². The summed E-state index contributed by atoms with van der Waals surface area (Å²) in [6.45, 7) is 6.07. The zero-order valence-electron chi connectivity index (χ0n) is 18.9. The second-order valence-electron chi connectivity index (χ2n) is 7.74. The summed E-state index contributed by atoms with van der Waals surface area (Å²) in [5.41, 5.74) is 3.05. The number of ether oxygens (including phenoxy) is 1. The van der Waals surface area contributed by atoms with Crippen molar-refractivity contribution in [1.82, 2.24) is 19.9 Å². The minimum Gasteiger partial charge on any atom is -0.497 e. The van der Waals surface area contributed by atoms with Gasteiger partial charge < -0.3 is 14.6 Å². The second kappa shape index (κ2) is 9.91. The van der Waals surface area contributed by atoms with Crippen molar-refractivity contribution in [3.8, 4) is 22.8 Å². The molecular formula is C24H25N5O3S. The van der Waals surface area contributed by atoms with Gasteiger partial charge in [-0.05, 0) is 48.7 Å². The van der Waals surface area contributed by atoms with Gasteiger partial charge in [-0.25, -0.2) is 0 Å². The van der Waals surface area contributed by atoms with E-state index in [0.717, 1.165) is 22.6 Å². The van der Waals surface area contributed by atoms with Gasteiger partial charge in [-0.3, -0.25) is 9.36 Å². The lowest BCUT2D eigenvalue weighted by Crippen LogP contribution is -2.15. The lowest BCUT2D eigenvalue weighted by molar-refractivity contribution is -0.113. The molecule has 0 spiro atoms. The predicted molar refractivity (Wildman–Crippen MR) is 128 cm³/mol. The second-order valence-corrected chi connectivity index (χ2v) is 8.69. The average molecular weight is 464 g/mol. The van der Waals surface area contributed by atoms with Crippen LogP contribution in [0.25, 0.3) is 17.1 Å². The Labute approximate surface area is 196 Å². The summed E-state index contributed by atoms with van der Waals surface area (Å²) in [6, 6.07) is 17.5. The van der Waals surface area contributed by atoms with Gasteiger partial charge in [0.25, 0.3) is 0 Å². The zero-order valence-corrected chi connectivity index (χ0v) is 19.7. The number of thioether (sulfide) groups is 1. The number of carbonyl (C=O) groups excluding carboxylic acids is 1. The van der Waals surface area contributed by atoms with Crippen molar-refractivity contribution in [3.63, 3.8) is 0 Å². The number of aryl methyl sites for hydroxylation is 1. The molecule has 33 heavy (non-hydrogen) atoms. The first-order chi connectivity index (χ1) is 16.0. The minimum atomic E-state index is -0.203. The van der Waals surface area contributed by atoms with E-state index in [1.165, 1.54) is 11.8 Å². The van der Waals surface area contributed by atoms with Crippen LogP contribution in [0.5, 0.6) is 5.75 Å². The molecule has 0 unspecified atom stereocenters. The van der Waals surface area contributed by atoms with Crippen molar-refractivity contribution in [1.29, 1.82) is 0 Å². The van der Waals surface area contributed by atoms with E-state index in [0.29, 0.717) is 28.5 Å². The number of rotatable bonds is 8. The number of hydrogen-bond donors (Lipinski definition) is 1. The van der Waals surface area contributed by atoms with E-state index in [-0.39, 0.29) is 11.7 Å². The summed E-state index contributed by atoms with van der Waals surface area (Å²) in [6.07, 6.45) is 0. The molecule has 0 saturated heterocycles. The lowest BCUT2D eigenvalue weighted by atomic mass is 10.0. The van der Waals surface area contributed by atoms with Gasteiger partial charge in [-0.15, -0.1) is 10.2 Å². The SMILES string of the molecule is COc1ccc(-c2nnc(SCC(=O)Nc3cc(C)on3)n2-c2ccccc2C(C)C)cc1. The van der Waals surface area contributed by atoms with Crippen LogP contribution >= 0.6 is 11.8 Å². The van der Waals surface area contributed by atoms with Crippen LogP contribution in [0.1, 0.15) is 31.1 Å². The molecule has 0 aliphatic carbocycles. The van der Waals surface area contributed by atoms with Gasteiger partial charge in [0.1, 0.15) is 11.5 Å². The molecule has 4 aromatic rings. The first-order valence-corrected chi connectivity index (χ1v) is 11.5. The largest absolute Gasteiger partial charge is 0.497 e. The Balaban J connectivity index is 1.68. The number of benzene rings is 2.